The summed E-state index contributed by atoms with van der Waals surface area (Å²) in [6, 6.07) is 1.84. The Hall–Kier alpha value is -0.870. The largest absolute Gasteiger partial charge is 0.481 e. The summed E-state index contributed by atoms with van der Waals surface area (Å²) in [5, 5.41) is 21.0. The molecule has 4 heteroatoms. The van der Waals surface area contributed by atoms with E-state index >= 15 is 0 Å². The molecule has 0 spiro atoms. The van der Waals surface area contributed by atoms with Crippen LogP contribution in [0.25, 0.3) is 0 Å². The van der Waals surface area contributed by atoms with Crippen LogP contribution < -0.4 is 0 Å². The van der Waals surface area contributed by atoms with Crippen molar-refractivity contribution < 1.29 is 15.0 Å². The molecule has 3 nitrogen and oxygen atoms in total. The van der Waals surface area contributed by atoms with Crippen LogP contribution >= 0.6 is 11.3 Å². The molecule has 1 aliphatic carbocycles. The Labute approximate surface area is 86.0 Å². The highest BCUT2D eigenvalue weighted by molar-refractivity contribution is 7.10. The summed E-state index contributed by atoms with van der Waals surface area (Å²) in [6.07, 6.45) is 0.592. The Kier molecular flexibility index (Phi) is 2.12. The number of carbonyl (C=O) groups is 1. The normalized spacial score (nSPS) is 30.3. The first-order valence-corrected chi connectivity index (χ1v) is 5.43. The molecule has 0 bridgehead atoms. The van der Waals surface area contributed by atoms with Crippen LogP contribution in [0.3, 0.4) is 0 Å². The van der Waals surface area contributed by atoms with E-state index < -0.39 is 11.6 Å². The summed E-state index contributed by atoms with van der Waals surface area (Å²) in [4.78, 5) is 11.8. The molecule has 1 aromatic heterocycles. The summed E-state index contributed by atoms with van der Waals surface area (Å²) in [5.74, 6) is -0.945. The standard InChI is InChI=1S/C10H12O3S/c1-6-4-8-7(2-3-14-8)10(6,13)5-9(11)12/h2-3,6,13H,4-5H2,1H3,(H,11,12). The summed E-state index contributed by atoms with van der Waals surface area (Å²) >= 11 is 1.59. The zero-order chi connectivity index (χ0) is 10.3. The molecule has 0 aromatic carbocycles. The SMILES string of the molecule is CC1Cc2sccc2C1(O)CC(=O)O. The van der Waals surface area contributed by atoms with Gasteiger partial charge in [-0.2, -0.15) is 0 Å². The minimum absolute atomic E-state index is 0.000972. The van der Waals surface area contributed by atoms with Gasteiger partial charge in [0, 0.05) is 4.88 Å². The molecular weight excluding hydrogens is 200 g/mol. The number of thiophene rings is 1. The zero-order valence-corrected chi connectivity index (χ0v) is 8.67. The van der Waals surface area contributed by atoms with Gasteiger partial charge in [-0.15, -0.1) is 11.3 Å². The summed E-state index contributed by atoms with van der Waals surface area (Å²) < 4.78 is 0. The lowest BCUT2D eigenvalue weighted by molar-refractivity contribution is -0.144. The van der Waals surface area contributed by atoms with Crippen LogP contribution in [0.2, 0.25) is 0 Å². The van der Waals surface area contributed by atoms with Gasteiger partial charge in [0.15, 0.2) is 0 Å². The first-order chi connectivity index (χ1) is 6.54. The average Bonchev–Trinajstić information content (AvgIpc) is 2.57. The molecule has 1 aliphatic rings. The molecule has 0 amide bonds. The highest BCUT2D eigenvalue weighted by Crippen LogP contribution is 2.45. The fourth-order valence-electron chi connectivity index (χ4n) is 2.10. The highest BCUT2D eigenvalue weighted by Gasteiger charge is 2.45. The van der Waals surface area contributed by atoms with Crippen LogP contribution in [0.1, 0.15) is 23.8 Å². The first-order valence-electron chi connectivity index (χ1n) is 4.55. The number of aliphatic carboxylic acids is 1. The Bertz CT molecular complexity index is 371. The van der Waals surface area contributed by atoms with Gasteiger partial charge in [-0.3, -0.25) is 4.79 Å². The molecule has 2 atom stereocenters. The number of carboxylic acid groups (broad SMARTS) is 1. The zero-order valence-electron chi connectivity index (χ0n) is 7.86. The number of hydrogen-bond acceptors (Lipinski definition) is 3. The van der Waals surface area contributed by atoms with E-state index in [2.05, 4.69) is 0 Å². The van der Waals surface area contributed by atoms with E-state index in [0.717, 1.165) is 16.9 Å². The second-order valence-corrected chi connectivity index (χ2v) is 4.86. The number of aliphatic hydroxyl groups is 1. The predicted molar refractivity (Wildman–Crippen MR) is 53.3 cm³/mol. The molecule has 2 N–H and O–H groups in total. The molecule has 2 rings (SSSR count). The van der Waals surface area contributed by atoms with Crippen molar-refractivity contribution in [3.8, 4) is 0 Å². The summed E-state index contributed by atoms with van der Waals surface area (Å²) in [7, 11) is 0. The van der Waals surface area contributed by atoms with Gasteiger partial charge in [0.1, 0.15) is 5.60 Å². The smallest absolute Gasteiger partial charge is 0.306 e. The van der Waals surface area contributed by atoms with Crippen LogP contribution in [-0.2, 0) is 16.8 Å². The third kappa shape index (κ3) is 1.26. The molecule has 2 unspecified atom stereocenters. The molecule has 0 saturated heterocycles. The topological polar surface area (TPSA) is 57.5 Å². The number of rotatable bonds is 2. The van der Waals surface area contributed by atoms with Gasteiger partial charge < -0.3 is 10.2 Å². The molecule has 0 aliphatic heterocycles. The molecule has 0 fully saturated rings. The molecule has 14 heavy (non-hydrogen) atoms. The molecule has 1 heterocycles. The Morgan fingerprint density at radius 2 is 2.50 bits per heavy atom. The van der Waals surface area contributed by atoms with Gasteiger partial charge in [-0.1, -0.05) is 6.92 Å². The number of hydrogen-bond donors (Lipinski definition) is 2. The maximum Gasteiger partial charge on any atom is 0.306 e. The van der Waals surface area contributed by atoms with Crippen LogP contribution in [-0.4, -0.2) is 16.2 Å². The van der Waals surface area contributed by atoms with Crippen molar-refractivity contribution in [1.82, 2.24) is 0 Å². The minimum Gasteiger partial charge on any atom is -0.481 e. The second-order valence-electron chi connectivity index (χ2n) is 3.86. The fourth-order valence-corrected chi connectivity index (χ4v) is 3.18. The van der Waals surface area contributed by atoms with E-state index in [-0.39, 0.29) is 12.3 Å². The number of carboxylic acids is 1. The molecule has 76 valence electrons. The molecule has 0 saturated carbocycles. The minimum atomic E-state index is -1.15. The molecular formula is C10H12O3S. The lowest BCUT2D eigenvalue weighted by Gasteiger charge is -2.26. The first kappa shape index (κ1) is 9.68. The third-order valence-corrected chi connectivity index (χ3v) is 3.88. The van der Waals surface area contributed by atoms with Crippen molar-refractivity contribution in [2.24, 2.45) is 5.92 Å². The third-order valence-electron chi connectivity index (χ3n) is 2.94. The van der Waals surface area contributed by atoms with Crippen molar-refractivity contribution in [2.75, 3.05) is 0 Å². The summed E-state index contributed by atoms with van der Waals surface area (Å²) in [5.41, 5.74) is -0.335. The van der Waals surface area contributed by atoms with E-state index in [1.165, 1.54) is 0 Å². The van der Waals surface area contributed by atoms with E-state index in [1.807, 2.05) is 18.4 Å². The van der Waals surface area contributed by atoms with Crippen molar-refractivity contribution in [3.05, 3.63) is 21.9 Å². The summed E-state index contributed by atoms with van der Waals surface area (Å²) in [6.45, 7) is 1.90. The van der Waals surface area contributed by atoms with Crippen molar-refractivity contribution in [3.63, 3.8) is 0 Å². The Morgan fingerprint density at radius 1 is 1.79 bits per heavy atom. The maximum absolute atomic E-state index is 10.7. The monoisotopic (exact) mass is 212 g/mol. The number of fused-ring (bicyclic) bond motifs is 1. The van der Waals surface area contributed by atoms with E-state index in [4.69, 9.17) is 5.11 Å². The Morgan fingerprint density at radius 3 is 3.14 bits per heavy atom. The molecule has 1 aromatic rings. The van der Waals surface area contributed by atoms with Crippen LogP contribution in [0.15, 0.2) is 11.4 Å². The highest BCUT2D eigenvalue weighted by atomic mass is 32.1. The second kappa shape index (κ2) is 3.07. The lowest BCUT2D eigenvalue weighted by atomic mass is 9.86. The predicted octanol–water partition coefficient (Wildman–Crippen LogP) is 1.60. The van der Waals surface area contributed by atoms with Gasteiger partial charge in [0.05, 0.1) is 6.42 Å². The maximum atomic E-state index is 10.7. The van der Waals surface area contributed by atoms with Crippen molar-refractivity contribution in [2.45, 2.75) is 25.4 Å². The molecule has 0 radical (unpaired) electrons. The average molecular weight is 212 g/mol. The van der Waals surface area contributed by atoms with Crippen LogP contribution in [0, 0.1) is 5.92 Å². The van der Waals surface area contributed by atoms with E-state index in [1.54, 1.807) is 11.3 Å². The van der Waals surface area contributed by atoms with Crippen LogP contribution in [0.5, 0.6) is 0 Å². The van der Waals surface area contributed by atoms with E-state index in [0.29, 0.717) is 0 Å². The van der Waals surface area contributed by atoms with Gasteiger partial charge >= 0.3 is 5.97 Å². The fraction of sp³-hybridized carbons (Fsp3) is 0.500. The quantitative estimate of drug-likeness (QED) is 0.783. The van der Waals surface area contributed by atoms with Gasteiger partial charge in [0.2, 0.25) is 0 Å². The van der Waals surface area contributed by atoms with Gasteiger partial charge in [-0.25, -0.2) is 0 Å². The van der Waals surface area contributed by atoms with Gasteiger partial charge in [0.25, 0.3) is 0 Å². The van der Waals surface area contributed by atoms with Crippen molar-refractivity contribution >= 4 is 17.3 Å². The van der Waals surface area contributed by atoms with E-state index in [9.17, 15) is 9.90 Å². The van der Waals surface area contributed by atoms with Crippen molar-refractivity contribution in [1.29, 1.82) is 0 Å². The van der Waals surface area contributed by atoms with Gasteiger partial charge in [-0.05, 0) is 29.3 Å². The van der Waals surface area contributed by atoms with Crippen LogP contribution in [0.4, 0.5) is 0 Å². The lowest BCUT2D eigenvalue weighted by Crippen LogP contribution is -2.32. The Balaban J connectivity index is 2.39.